The van der Waals surface area contributed by atoms with Gasteiger partial charge in [0, 0.05) is 12.1 Å². The van der Waals surface area contributed by atoms with Crippen molar-refractivity contribution in [2.24, 2.45) is 0 Å². The lowest BCUT2D eigenvalue weighted by molar-refractivity contribution is -0.377. The topological polar surface area (TPSA) is 108 Å². The van der Waals surface area contributed by atoms with Gasteiger partial charge in [-0.05, 0) is 6.08 Å². The van der Waals surface area contributed by atoms with E-state index in [9.17, 15) is 0 Å². The Hall–Kier alpha value is -3.19. The van der Waals surface area contributed by atoms with E-state index in [1.807, 2.05) is 30.6 Å². The van der Waals surface area contributed by atoms with Gasteiger partial charge >= 0.3 is 0 Å². The molecule has 5 nitrogen and oxygen atoms in total. The number of allylic oxidation sites excluding steroid dienone is 3. The van der Waals surface area contributed by atoms with Crippen LogP contribution in [0.5, 0.6) is 0 Å². The van der Waals surface area contributed by atoms with Crippen molar-refractivity contribution in [3.8, 4) is 18.2 Å². The van der Waals surface area contributed by atoms with Gasteiger partial charge < -0.3 is 5.41 Å². The van der Waals surface area contributed by atoms with Crippen LogP contribution in [-0.2, 0) is 0 Å². The molecule has 1 aromatic heterocycles. The Bertz CT molecular complexity index is 503. The molecule has 80 valence electrons. The molecule has 0 aromatic carbocycles. The number of H-pyrrole nitrogens is 1. The van der Waals surface area contributed by atoms with Crippen molar-refractivity contribution in [2.45, 2.75) is 0 Å². The molecule has 17 heavy (non-hydrogen) atoms. The van der Waals surface area contributed by atoms with E-state index in [4.69, 9.17) is 21.2 Å². The van der Waals surface area contributed by atoms with Gasteiger partial charge in [0.1, 0.15) is 23.8 Å². The van der Waals surface area contributed by atoms with Gasteiger partial charge in [0.15, 0.2) is 12.4 Å². The smallest absolute Gasteiger partial charge is 0.166 e. The van der Waals surface area contributed by atoms with Crippen LogP contribution in [0.25, 0.3) is 5.41 Å². The molecule has 0 amide bonds. The van der Waals surface area contributed by atoms with Gasteiger partial charge in [-0.2, -0.15) is 15.8 Å². The van der Waals surface area contributed by atoms with Crippen LogP contribution in [0.1, 0.15) is 0 Å². The number of pyridine rings is 1. The molecular weight excluding hydrogens is 214 g/mol. The zero-order chi connectivity index (χ0) is 12.9. The van der Waals surface area contributed by atoms with Gasteiger partial charge in [-0.1, -0.05) is 6.07 Å². The minimum Gasteiger partial charge on any atom is -0.762 e. The van der Waals surface area contributed by atoms with E-state index in [0.717, 1.165) is 6.08 Å². The molecule has 5 heteroatoms. The van der Waals surface area contributed by atoms with Crippen molar-refractivity contribution in [1.82, 2.24) is 0 Å². The summed E-state index contributed by atoms with van der Waals surface area (Å²) in [4.78, 5) is 2.89. The molecule has 0 aliphatic heterocycles. The predicted octanol–water partition coefficient (Wildman–Crippen LogP) is 1.15. The highest BCUT2D eigenvalue weighted by Crippen LogP contribution is 1.95. The molecule has 1 rings (SSSR count). The normalized spacial score (nSPS) is 6.65. The van der Waals surface area contributed by atoms with Crippen LogP contribution in [-0.4, -0.2) is 5.87 Å². The van der Waals surface area contributed by atoms with E-state index < -0.39 is 0 Å². The highest BCUT2D eigenvalue weighted by molar-refractivity contribution is 5.71. The van der Waals surface area contributed by atoms with Crippen molar-refractivity contribution >= 4 is 5.87 Å². The summed E-state index contributed by atoms with van der Waals surface area (Å²) in [5.74, 6) is 1.53. The summed E-state index contributed by atoms with van der Waals surface area (Å²) in [6, 6.07) is 10.4. The van der Waals surface area contributed by atoms with Gasteiger partial charge in [0.25, 0.3) is 0 Å². The molecule has 1 heterocycles. The first-order valence-corrected chi connectivity index (χ1v) is 4.38. The molecule has 0 saturated heterocycles. The van der Waals surface area contributed by atoms with Gasteiger partial charge in [-0.25, -0.2) is 4.98 Å². The van der Waals surface area contributed by atoms with Crippen molar-refractivity contribution in [3.63, 3.8) is 0 Å². The third kappa shape index (κ3) is 6.82. The van der Waals surface area contributed by atoms with Gasteiger partial charge in [0.2, 0.25) is 0 Å². The summed E-state index contributed by atoms with van der Waals surface area (Å²) < 4.78 is 0. The molecule has 0 aliphatic carbocycles. The number of aromatic amines is 1. The molecule has 0 unspecified atom stereocenters. The molecule has 1 aromatic rings. The van der Waals surface area contributed by atoms with E-state index >= 15 is 0 Å². The Kier molecular flexibility index (Phi) is 7.61. The average Bonchev–Trinajstić information content (AvgIpc) is 2.43. The van der Waals surface area contributed by atoms with Crippen LogP contribution >= 0.6 is 0 Å². The zero-order valence-corrected chi connectivity index (χ0v) is 8.75. The summed E-state index contributed by atoms with van der Waals surface area (Å²) in [6.45, 7) is 0. The number of rotatable bonds is 1. The third-order valence-corrected chi connectivity index (χ3v) is 1.38. The second-order valence-corrected chi connectivity index (χ2v) is 2.50. The fourth-order valence-corrected chi connectivity index (χ4v) is 0.665. The molecule has 0 atom stereocenters. The van der Waals surface area contributed by atoms with E-state index in [-0.39, 0.29) is 11.1 Å². The second kappa shape index (κ2) is 9.37. The number of hydrogen-bond acceptors (Lipinski definition) is 3. The SMILES string of the molecule is N#CC(=C=[N-])C=C(C#N)C#N.c1cc[nH+]cc1. The first kappa shape index (κ1) is 13.8. The van der Waals surface area contributed by atoms with Gasteiger partial charge in [-0.3, -0.25) is 5.87 Å². The fourth-order valence-electron chi connectivity index (χ4n) is 0.665. The highest BCUT2D eigenvalue weighted by Gasteiger charge is 1.91. The molecule has 0 bridgehead atoms. The predicted molar refractivity (Wildman–Crippen MR) is 59.8 cm³/mol. The van der Waals surface area contributed by atoms with Crippen LogP contribution in [0.4, 0.5) is 0 Å². The van der Waals surface area contributed by atoms with Crippen LogP contribution in [0.3, 0.4) is 0 Å². The number of nitriles is 3. The van der Waals surface area contributed by atoms with Gasteiger partial charge in [-0.15, -0.1) is 0 Å². The van der Waals surface area contributed by atoms with Crippen LogP contribution in [0.15, 0.2) is 47.8 Å². The monoisotopic (exact) mass is 221 g/mol. The Morgan fingerprint density at radius 1 is 1.00 bits per heavy atom. The summed E-state index contributed by atoms with van der Waals surface area (Å²) >= 11 is 0. The standard InChI is InChI=1S/C7HN4.C5H5N/c8-2-6(3-9)1-7(4-10)5-11;1-2-4-6-5-3-1/h1H;1-5H/q-1;/p+1. The first-order valence-electron chi connectivity index (χ1n) is 4.38. The summed E-state index contributed by atoms with van der Waals surface area (Å²) in [5.41, 5.74) is -0.494. The molecule has 0 radical (unpaired) electrons. The Morgan fingerprint density at radius 2 is 1.59 bits per heavy atom. The number of nitrogens with zero attached hydrogens (tertiary/aromatic N) is 4. The lowest BCUT2D eigenvalue weighted by Crippen LogP contribution is -1.93. The average molecular weight is 221 g/mol. The van der Waals surface area contributed by atoms with E-state index in [1.54, 1.807) is 0 Å². The third-order valence-electron chi connectivity index (χ3n) is 1.38. The lowest BCUT2D eigenvalue weighted by Gasteiger charge is -1.82. The number of hydrogen-bond donors (Lipinski definition) is 0. The zero-order valence-electron chi connectivity index (χ0n) is 8.75. The Labute approximate surface area is 98.7 Å². The molecule has 0 spiro atoms. The fraction of sp³-hybridized carbons (Fsp3) is 0. The minimum atomic E-state index is -0.247. The number of aromatic nitrogens is 1. The Balaban J connectivity index is 0.000000354. The summed E-state index contributed by atoms with van der Waals surface area (Å²) in [7, 11) is 0. The highest BCUT2D eigenvalue weighted by atomic mass is 14.6. The largest absolute Gasteiger partial charge is 0.762 e. The lowest BCUT2D eigenvalue weighted by atomic mass is 10.2. The van der Waals surface area contributed by atoms with E-state index in [1.165, 1.54) is 24.1 Å². The molecular formula is C12H7N5. The van der Waals surface area contributed by atoms with E-state index in [0.29, 0.717) is 0 Å². The minimum absolute atomic E-state index is 0.247. The second-order valence-electron chi connectivity index (χ2n) is 2.50. The van der Waals surface area contributed by atoms with E-state index in [2.05, 4.69) is 4.98 Å². The quantitative estimate of drug-likeness (QED) is 0.403. The molecule has 0 fully saturated rings. The maximum atomic E-state index is 8.19. The summed E-state index contributed by atoms with van der Waals surface area (Å²) in [6.07, 6.45) is 4.69. The van der Waals surface area contributed by atoms with Crippen molar-refractivity contribution in [3.05, 3.63) is 53.2 Å². The Morgan fingerprint density at radius 3 is 1.82 bits per heavy atom. The van der Waals surface area contributed by atoms with Crippen LogP contribution < -0.4 is 4.98 Å². The van der Waals surface area contributed by atoms with Crippen molar-refractivity contribution in [2.75, 3.05) is 0 Å². The van der Waals surface area contributed by atoms with Crippen LogP contribution in [0.2, 0.25) is 0 Å². The summed E-state index contributed by atoms with van der Waals surface area (Å²) in [5, 5.41) is 32.8. The maximum absolute atomic E-state index is 8.19. The molecule has 0 aliphatic rings. The maximum Gasteiger partial charge on any atom is 0.166 e. The first-order chi connectivity index (χ1) is 8.28. The van der Waals surface area contributed by atoms with Crippen molar-refractivity contribution in [1.29, 1.82) is 15.8 Å². The number of nitrogens with one attached hydrogen (secondary N) is 1. The molecule has 1 N–H and O–H groups in total. The molecule has 0 saturated carbocycles. The van der Waals surface area contributed by atoms with Gasteiger partial charge in [0.05, 0.1) is 5.57 Å². The van der Waals surface area contributed by atoms with Crippen LogP contribution in [0, 0.1) is 34.0 Å². The van der Waals surface area contributed by atoms with Crippen molar-refractivity contribution < 1.29 is 4.98 Å².